The van der Waals surface area contributed by atoms with Crippen LogP contribution in [0.25, 0.3) is 11.0 Å². The van der Waals surface area contributed by atoms with Crippen molar-refractivity contribution in [3.05, 3.63) is 22.6 Å². The first-order valence-electron chi connectivity index (χ1n) is 9.14. The van der Waals surface area contributed by atoms with E-state index in [1.54, 1.807) is 10.8 Å². The molecule has 2 fully saturated rings. The number of nitrogens with one attached hydrogen (secondary N) is 1. The number of carbonyl (C=O) groups excluding carboxylic acids is 1. The molecule has 0 spiro atoms. The monoisotopic (exact) mass is 370 g/mol. The number of rotatable bonds is 3. The Morgan fingerprint density at radius 2 is 2.07 bits per heavy atom. The van der Waals surface area contributed by atoms with E-state index in [0.717, 1.165) is 44.2 Å². The summed E-state index contributed by atoms with van der Waals surface area (Å²) in [6.45, 7) is 0. The normalized spacial score (nSPS) is 19.7. The summed E-state index contributed by atoms with van der Waals surface area (Å²) in [5, 5.41) is 3.49. The van der Waals surface area contributed by atoms with E-state index >= 15 is 0 Å². The minimum Gasteiger partial charge on any atom is -0.453 e. The maximum Gasteiger partial charge on any atom is 0.407 e. The molecule has 9 heteroatoms. The fraction of sp³-hybridized carbons (Fsp3) is 0.500. The summed E-state index contributed by atoms with van der Waals surface area (Å²) in [5.41, 5.74) is 7.77. The van der Waals surface area contributed by atoms with Crippen molar-refractivity contribution in [3.8, 4) is 0 Å². The predicted octanol–water partition coefficient (Wildman–Crippen LogP) is 2.08. The Balaban J connectivity index is 1.58. The lowest BCUT2D eigenvalue weighted by atomic mass is 9.94. The Morgan fingerprint density at radius 3 is 2.74 bits per heavy atom. The highest BCUT2D eigenvalue weighted by Crippen LogP contribution is 2.36. The number of amides is 1. The largest absolute Gasteiger partial charge is 0.453 e. The third kappa shape index (κ3) is 3.62. The molecular weight excluding hydrogens is 348 g/mol. The molecule has 2 saturated carbocycles. The van der Waals surface area contributed by atoms with Crippen LogP contribution in [0.2, 0.25) is 0 Å². The second kappa shape index (κ2) is 6.98. The van der Waals surface area contributed by atoms with Crippen LogP contribution in [0.15, 0.2) is 22.1 Å². The number of aromatic nitrogens is 3. The third-order valence-electron chi connectivity index (χ3n) is 5.05. The number of ether oxygens (including phenoxy) is 1. The lowest BCUT2D eigenvalue weighted by Crippen LogP contribution is -2.37. The number of pyridine rings is 1. The van der Waals surface area contributed by atoms with E-state index in [0.29, 0.717) is 22.7 Å². The molecule has 0 bridgehead atoms. The first-order chi connectivity index (χ1) is 13.0. The van der Waals surface area contributed by atoms with E-state index in [2.05, 4.69) is 25.0 Å². The van der Waals surface area contributed by atoms with Crippen molar-refractivity contribution in [2.45, 2.75) is 50.6 Å². The van der Waals surface area contributed by atoms with Gasteiger partial charge in [0.25, 0.3) is 11.5 Å². The van der Waals surface area contributed by atoms with Gasteiger partial charge in [-0.3, -0.25) is 9.36 Å². The number of aliphatic imine (C=N–C) groups is 1. The summed E-state index contributed by atoms with van der Waals surface area (Å²) in [6.07, 6.45) is 6.27. The van der Waals surface area contributed by atoms with Gasteiger partial charge in [-0.2, -0.15) is 4.98 Å². The lowest BCUT2D eigenvalue weighted by Gasteiger charge is -2.23. The molecule has 0 aromatic carbocycles. The van der Waals surface area contributed by atoms with Gasteiger partial charge in [0.1, 0.15) is 0 Å². The number of nitrogens with two attached hydrogens (primary N) is 1. The predicted molar refractivity (Wildman–Crippen MR) is 101 cm³/mol. The van der Waals surface area contributed by atoms with Crippen LogP contribution in [0.4, 0.5) is 16.4 Å². The van der Waals surface area contributed by atoms with Gasteiger partial charge in [0.05, 0.1) is 12.5 Å². The van der Waals surface area contributed by atoms with Crippen LogP contribution in [0.5, 0.6) is 0 Å². The van der Waals surface area contributed by atoms with Crippen LogP contribution in [-0.4, -0.2) is 39.5 Å². The van der Waals surface area contributed by atoms with E-state index in [4.69, 9.17) is 5.73 Å². The summed E-state index contributed by atoms with van der Waals surface area (Å²) in [4.78, 5) is 37.0. The fourth-order valence-electron chi connectivity index (χ4n) is 3.45. The zero-order valence-electron chi connectivity index (χ0n) is 15.1. The molecule has 0 unspecified atom stereocenters. The first kappa shape index (κ1) is 17.4. The molecule has 2 aliphatic carbocycles. The average Bonchev–Trinajstić information content (AvgIpc) is 3.48. The molecule has 3 N–H and O–H groups in total. The minimum atomic E-state index is -0.408. The van der Waals surface area contributed by atoms with Crippen molar-refractivity contribution in [1.29, 1.82) is 0 Å². The highest BCUT2D eigenvalue weighted by molar-refractivity contribution is 5.89. The second-order valence-corrected chi connectivity index (χ2v) is 7.03. The second-order valence-electron chi connectivity index (χ2n) is 7.03. The number of nitrogens with zero attached hydrogens (tertiary/aromatic N) is 4. The van der Waals surface area contributed by atoms with Gasteiger partial charge in [-0.1, -0.05) is 0 Å². The molecule has 27 heavy (non-hydrogen) atoms. The zero-order chi connectivity index (χ0) is 19.0. The van der Waals surface area contributed by atoms with Crippen molar-refractivity contribution in [2.75, 3.05) is 12.8 Å². The van der Waals surface area contributed by atoms with E-state index in [1.807, 2.05) is 0 Å². The number of hydrogen-bond acceptors (Lipinski definition) is 7. The first-order valence-corrected chi connectivity index (χ1v) is 9.14. The van der Waals surface area contributed by atoms with Gasteiger partial charge < -0.3 is 15.8 Å². The smallest absolute Gasteiger partial charge is 0.407 e. The van der Waals surface area contributed by atoms with Crippen LogP contribution in [0, 0.1) is 0 Å². The molecule has 2 heterocycles. The van der Waals surface area contributed by atoms with Gasteiger partial charge in [-0.25, -0.2) is 14.8 Å². The number of nitrogen functional groups attached to an aromatic ring is 1. The van der Waals surface area contributed by atoms with Crippen molar-refractivity contribution < 1.29 is 9.53 Å². The molecule has 0 radical (unpaired) electrons. The molecule has 142 valence electrons. The molecule has 0 aliphatic heterocycles. The van der Waals surface area contributed by atoms with Gasteiger partial charge in [-0.15, -0.1) is 0 Å². The highest BCUT2D eigenvalue weighted by atomic mass is 16.5. The number of fused-ring (bicyclic) bond motifs is 1. The number of alkyl carbamates (subject to hydrolysis) is 1. The van der Waals surface area contributed by atoms with Crippen LogP contribution in [0.3, 0.4) is 0 Å². The number of anilines is 1. The summed E-state index contributed by atoms with van der Waals surface area (Å²) < 4.78 is 6.34. The molecule has 0 atom stereocenters. The number of carbonyl (C=O) groups is 1. The number of hydrogen-bond donors (Lipinski definition) is 2. The quantitative estimate of drug-likeness (QED) is 0.852. The maximum absolute atomic E-state index is 12.3. The summed E-state index contributed by atoms with van der Waals surface area (Å²) in [6, 6.07) is 1.72. The van der Waals surface area contributed by atoms with Crippen LogP contribution in [-0.2, 0) is 4.74 Å². The SMILES string of the molecule is COC(=O)NC1CCC(=Nc2ncc3c(N)cc(=O)n(C4CC4)c3n2)CC1. The van der Waals surface area contributed by atoms with Gasteiger partial charge >= 0.3 is 6.09 Å². The van der Waals surface area contributed by atoms with Gasteiger partial charge in [-0.05, 0) is 38.5 Å². The molecule has 9 nitrogen and oxygen atoms in total. The Morgan fingerprint density at radius 1 is 1.33 bits per heavy atom. The lowest BCUT2D eigenvalue weighted by molar-refractivity contribution is 0.165. The average molecular weight is 370 g/mol. The van der Waals surface area contributed by atoms with Crippen LogP contribution >= 0.6 is 0 Å². The molecule has 2 aromatic heterocycles. The molecule has 2 aliphatic rings. The summed E-state index contributed by atoms with van der Waals surface area (Å²) >= 11 is 0. The van der Waals surface area contributed by atoms with Gasteiger partial charge in [0.15, 0.2) is 5.65 Å². The topological polar surface area (TPSA) is 124 Å². The fourth-order valence-corrected chi connectivity index (χ4v) is 3.45. The van der Waals surface area contributed by atoms with E-state index in [9.17, 15) is 9.59 Å². The zero-order valence-corrected chi connectivity index (χ0v) is 15.1. The van der Waals surface area contributed by atoms with Crippen molar-refractivity contribution in [2.24, 2.45) is 4.99 Å². The Kier molecular flexibility index (Phi) is 4.51. The third-order valence-corrected chi connectivity index (χ3v) is 5.05. The Labute approximate surface area is 155 Å². The molecule has 2 aromatic rings. The van der Waals surface area contributed by atoms with Gasteiger partial charge in [0, 0.05) is 35.7 Å². The van der Waals surface area contributed by atoms with E-state index in [1.165, 1.54) is 13.2 Å². The van der Waals surface area contributed by atoms with E-state index < -0.39 is 6.09 Å². The molecule has 1 amide bonds. The maximum atomic E-state index is 12.3. The van der Waals surface area contributed by atoms with Crippen LogP contribution < -0.4 is 16.6 Å². The Hall–Kier alpha value is -2.97. The van der Waals surface area contributed by atoms with E-state index in [-0.39, 0.29) is 17.6 Å². The highest BCUT2D eigenvalue weighted by Gasteiger charge is 2.27. The van der Waals surface area contributed by atoms with Crippen molar-refractivity contribution in [1.82, 2.24) is 19.9 Å². The van der Waals surface area contributed by atoms with Gasteiger partial charge in [0.2, 0.25) is 0 Å². The molecule has 0 saturated heterocycles. The minimum absolute atomic E-state index is 0.0915. The Bertz CT molecular complexity index is 969. The summed E-state index contributed by atoms with van der Waals surface area (Å²) in [5.74, 6) is 0.344. The van der Waals surface area contributed by atoms with Crippen molar-refractivity contribution in [3.63, 3.8) is 0 Å². The summed E-state index contributed by atoms with van der Waals surface area (Å²) in [7, 11) is 1.36. The standard InChI is InChI=1S/C18H22N6O3/c1-27-18(26)22-11-4-2-10(3-5-11)21-17-20-9-13-14(19)8-15(25)24(12-6-7-12)16(13)23-17/h8-9,11-12H,2-7,19H2,1H3,(H,22,26). The van der Waals surface area contributed by atoms with Crippen molar-refractivity contribution >= 4 is 34.5 Å². The molecular formula is C18H22N6O3. The van der Waals surface area contributed by atoms with Crippen LogP contribution in [0.1, 0.15) is 44.6 Å². The number of methoxy groups -OCH3 is 1. The molecule has 4 rings (SSSR count).